The molecule has 1 aromatic heterocycles. The number of hydrogen-bond acceptors (Lipinski definition) is 4. The fourth-order valence-corrected chi connectivity index (χ4v) is 2.75. The third kappa shape index (κ3) is 5.04. The predicted octanol–water partition coefficient (Wildman–Crippen LogP) is 3.54. The van der Waals surface area contributed by atoms with Crippen LogP contribution in [0.25, 0.3) is 0 Å². The minimum atomic E-state index is -0.00850. The maximum Gasteiger partial charge on any atom is 0.157 e. The fourth-order valence-electron chi connectivity index (χ4n) is 2.75. The van der Waals surface area contributed by atoms with Gasteiger partial charge in [-0.05, 0) is 44.2 Å². The molecule has 0 fully saturated rings. The van der Waals surface area contributed by atoms with E-state index in [-0.39, 0.29) is 6.10 Å². The average molecular weight is 293 g/mol. The maximum absolute atomic E-state index is 5.45. The van der Waals surface area contributed by atoms with Crippen molar-refractivity contribution in [3.63, 3.8) is 0 Å². The molecular weight excluding hydrogens is 262 g/mol. The summed E-state index contributed by atoms with van der Waals surface area (Å²) in [6.07, 6.45) is 0.881. The van der Waals surface area contributed by atoms with Crippen LogP contribution in [0.3, 0.4) is 0 Å². The van der Waals surface area contributed by atoms with Crippen molar-refractivity contribution in [2.45, 2.75) is 60.0 Å². The highest BCUT2D eigenvalue weighted by atomic mass is 16.5. The molecule has 1 heterocycles. The molecule has 1 aromatic rings. The molecule has 0 saturated carbocycles. The lowest BCUT2D eigenvalue weighted by Gasteiger charge is -2.20. The average Bonchev–Trinajstić information content (AvgIpc) is 2.38. The van der Waals surface area contributed by atoms with Gasteiger partial charge in [-0.2, -0.15) is 0 Å². The Morgan fingerprint density at radius 1 is 1.05 bits per heavy atom. The summed E-state index contributed by atoms with van der Waals surface area (Å²) in [6.45, 7) is 14.9. The zero-order valence-electron chi connectivity index (χ0n) is 14.7. The summed E-state index contributed by atoms with van der Waals surface area (Å²) in [5.74, 6) is 1.89. The molecule has 0 aliphatic heterocycles. The highest BCUT2D eigenvalue weighted by Gasteiger charge is 2.18. The standard InChI is InChI=1S/C17H31N3O/c1-8-15(21-7)17-19-13(5)16(14(6)20-17)12(4)10-18-9-11(2)3/h11-12,15,18H,8-10H2,1-7H3. The van der Waals surface area contributed by atoms with Gasteiger partial charge in [0.05, 0.1) is 0 Å². The molecule has 2 atom stereocenters. The molecule has 1 N–H and O–H groups in total. The van der Waals surface area contributed by atoms with Crippen LogP contribution in [0.15, 0.2) is 0 Å². The van der Waals surface area contributed by atoms with Crippen molar-refractivity contribution in [3.8, 4) is 0 Å². The van der Waals surface area contributed by atoms with Crippen LogP contribution >= 0.6 is 0 Å². The largest absolute Gasteiger partial charge is 0.373 e. The number of methoxy groups -OCH3 is 1. The first-order chi connectivity index (χ1) is 9.90. The zero-order chi connectivity index (χ0) is 16.0. The molecule has 0 radical (unpaired) electrons. The van der Waals surface area contributed by atoms with E-state index >= 15 is 0 Å². The van der Waals surface area contributed by atoms with Gasteiger partial charge in [0.2, 0.25) is 0 Å². The Kier molecular flexibility index (Phi) is 7.26. The highest BCUT2D eigenvalue weighted by Crippen LogP contribution is 2.24. The molecule has 4 nitrogen and oxygen atoms in total. The molecule has 0 aliphatic rings. The highest BCUT2D eigenvalue weighted by molar-refractivity contribution is 5.28. The molecule has 4 heteroatoms. The van der Waals surface area contributed by atoms with Crippen molar-refractivity contribution in [1.29, 1.82) is 0 Å². The Bertz CT molecular complexity index is 419. The number of aryl methyl sites for hydroxylation is 2. The molecule has 0 spiro atoms. The predicted molar refractivity (Wildman–Crippen MR) is 87.7 cm³/mol. The minimum absolute atomic E-state index is 0.00850. The van der Waals surface area contributed by atoms with Crippen LogP contribution in [0.4, 0.5) is 0 Å². The van der Waals surface area contributed by atoms with Gasteiger partial charge in [0.1, 0.15) is 6.10 Å². The second kappa shape index (κ2) is 8.44. The Hall–Kier alpha value is -1.00. The van der Waals surface area contributed by atoms with E-state index in [9.17, 15) is 0 Å². The molecule has 2 unspecified atom stereocenters. The van der Waals surface area contributed by atoms with Gasteiger partial charge in [0.15, 0.2) is 5.82 Å². The number of nitrogens with zero attached hydrogens (tertiary/aromatic N) is 2. The quantitative estimate of drug-likeness (QED) is 0.796. The van der Waals surface area contributed by atoms with E-state index in [0.717, 1.165) is 36.7 Å². The van der Waals surface area contributed by atoms with E-state index < -0.39 is 0 Å². The topological polar surface area (TPSA) is 47.0 Å². The van der Waals surface area contributed by atoms with Crippen LogP contribution in [0.1, 0.15) is 68.9 Å². The first-order valence-electron chi connectivity index (χ1n) is 7.99. The summed E-state index contributed by atoms with van der Waals surface area (Å²) >= 11 is 0. The minimum Gasteiger partial charge on any atom is -0.373 e. The fraction of sp³-hybridized carbons (Fsp3) is 0.765. The van der Waals surface area contributed by atoms with Crippen LogP contribution in [0, 0.1) is 19.8 Å². The van der Waals surface area contributed by atoms with Crippen LogP contribution in [0.2, 0.25) is 0 Å². The van der Waals surface area contributed by atoms with Gasteiger partial charge in [-0.25, -0.2) is 9.97 Å². The van der Waals surface area contributed by atoms with Crippen LogP contribution < -0.4 is 5.32 Å². The van der Waals surface area contributed by atoms with Crippen molar-refractivity contribution in [1.82, 2.24) is 15.3 Å². The van der Waals surface area contributed by atoms with Gasteiger partial charge < -0.3 is 10.1 Å². The Balaban J connectivity index is 2.88. The molecule has 0 aromatic carbocycles. The number of rotatable bonds is 8. The lowest BCUT2D eigenvalue weighted by molar-refractivity contribution is 0.0922. The Labute approximate surface area is 129 Å². The summed E-state index contributed by atoms with van der Waals surface area (Å²) in [4.78, 5) is 9.35. The van der Waals surface area contributed by atoms with Crippen LogP contribution in [0.5, 0.6) is 0 Å². The number of ether oxygens (including phenoxy) is 1. The van der Waals surface area contributed by atoms with Gasteiger partial charge in [-0.15, -0.1) is 0 Å². The second-order valence-electron chi connectivity index (χ2n) is 6.25. The Morgan fingerprint density at radius 3 is 2.05 bits per heavy atom. The normalized spacial score (nSPS) is 14.5. The molecule has 0 saturated heterocycles. The van der Waals surface area contributed by atoms with Crippen molar-refractivity contribution in [3.05, 3.63) is 22.8 Å². The SMILES string of the molecule is CCC(OC)c1nc(C)c(C(C)CNCC(C)C)c(C)n1. The van der Waals surface area contributed by atoms with Crippen LogP contribution in [-0.4, -0.2) is 30.2 Å². The first kappa shape index (κ1) is 18.1. The molecule has 0 aliphatic carbocycles. The molecule has 0 amide bonds. The second-order valence-corrected chi connectivity index (χ2v) is 6.25. The maximum atomic E-state index is 5.45. The molecule has 1 rings (SSSR count). The van der Waals surface area contributed by atoms with E-state index in [2.05, 4.69) is 56.8 Å². The van der Waals surface area contributed by atoms with Gasteiger partial charge in [-0.3, -0.25) is 0 Å². The molecular formula is C17H31N3O. The summed E-state index contributed by atoms with van der Waals surface area (Å²) in [5, 5.41) is 3.52. The first-order valence-corrected chi connectivity index (χ1v) is 7.99. The summed E-state index contributed by atoms with van der Waals surface area (Å²) in [6, 6.07) is 0. The number of nitrogens with one attached hydrogen (secondary N) is 1. The smallest absolute Gasteiger partial charge is 0.157 e. The molecule has 120 valence electrons. The van der Waals surface area contributed by atoms with Crippen molar-refractivity contribution in [2.75, 3.05) is 20.2 Å². The van der Waals surface area contributed by atoms with E-state index in [0.29, 0.717) is 11.8 Å². The van der Waals surface area contributed by atoms with Gasteiger partial charge in [0, 0.05) is 25.0 Å². The Morgan fingerprint density at radius 2 is 1.62 bits per heavy atom. The van der Waals surface area contributed by atoms with Crippen molar-refractivity contribution < 1.29 is 4.74 Å². The lowest BCUT2D eigenvalue weighted by Crippen LogP contribution is -2.25. The zero-order valence-corrected chi connectivity index (χ0v) is 14.7. The molecule has 0 bridgehead atoms. The van der Waals surface area contributed by atoms with Gasteiger partial charge >= 0.3 is 0 Å². The summed E-state index contributed by atoms with van der Waals surface area (Å²) in [5.41, 5.74) is 3.42. The van der Waals surface area contributed by atoms with Gasteiger partial charge in [0.25, 0.3) is 0 Å². The number of aromatic nitrogens is 2. The number of hydrogen-bond donors (Lipinski definition) is 1. The molecule has 21 heavy (non-hydrogen) atoms. The monoisotopic (exact) mass is 293 g/mol. The van der Waals surface area contributed by atoms with Crippen LogP contribution in [-0.2, 0) is 4.74 Å². The third-order valence-corrected chi connectivity index (χ3v) is 3.78. The third-order valence-electron chi connectivity index (χ3n) is 3.78. The lowest BCUT2D eigenvalue weighted by atomic mass is 9.97. The van der Waals surface area contributed by atoms with E-state index in [4.69, 9.17) is 4.74 Å². The summed E-state index contributed by atoms with van der Waals surface area (Å²) in [7, 11) is 1.72. The summed E-state index contributed by atoms with van der Waals surface area (Å²) < 4.78 is 5.45. The van der Waals surface area contributed by atoms with E-state index in [1.165, 1.54) is 5.56 Å². The van der Waals surface area contributed by atoms with Gasteiger partial charge in [-0.1, -0.05) is 27.7 Å². The van der Waals surface area contributed by atoms with E-state index in [1.807, 2.05) is 0 Å². The van der Waals surface area contributed by atoms with Crippen molar-refractivity contribution in [2.24, 2.45) is 5.92 Å². The van der Waals surface area contributed by atoms with Crippen molar-refractivity contribution >= 4 is 0 Å². The van der Waals surface area contributed by atoms with E-state index in [1.54, 1.807) is 7.11 Å².